The fraction of sp³-hybridized carbons (Fsp3) is 0.900. The van der Waals surface area contributed by atoms with Crippen LogP contribution in [-0.2, 0) is 14.3 Å². The summed E-state index contributed by atoms with van der Waals surface area (Å²) in [5.41, 5.74) is 0. The van der Waals surface area contributed by atoms with Gasteiger partial charge >= 0.3 is 11.9 Å². The van der Waals surface area contributed by atoms with E-state index in [0.29, 0.717) is 19.4 Å². The first-order chi connectivity index (χ1) is 11.7. The molecule has 0 saturated carbocycles. The van der Waals surface area contributed by atoms with Crippen molar-refractivity contribution in [3.8, 4) is 0 Å². The first-order valence-electron chi connectivity index (χ1n) is 10.0. The zero-order chi connectivity index (χ0) is 17.9. The van der Waals surface area contributed by atoms with Gasteiger partial charge in [0.15, 0.2) is 0 Å². The number of carboxylic acid groups (broad SMARTS) is 1. The number of esters is 1. The van der Waals surface area contributed by atoms with Crippen LogP contribution in [0.25, 0.3) is 0 Å². The van der Waals surface area contributed by atoms with E-state index < -0.39 is 5.97 Å². The highest BCUT2D eigenvalue weighted by atomic mass is 16.5. The molecule has 0 radical (unpaired) electrons. The summed E-state index contributed by atoms with van der Waals surface area (Å²) < 4.78 is 5.13. The fourth-order valence-corrected chi connectivity index (χ4v) is 2.79. The highest BCUT2D eigenvalue weighted by molar-refractivity contribution is 5.69. The summed E-state index contributed by atoms with van der Waals surface area (Å²) in [6.07, 6.45) is 17.3. The van der Waals surface area contributed by atoms with Crippen molar-refractivity contribution in [2.24, 2.45) is 0 Å². The van der Waals surface area contributed by atoms with Crippen molar-refractivity contribution in [3.63, 3.8) is 0 Å². The van der Waals surface area contributed by atoms with Gasteiger partial charge in [-0.2, -0.15) is 0 Å². The van der Waals surface area contributed by atoms with Gasteiger partial charge in [-0.05, 0) is 19.3 Å². The highest BCUT2D eigenvalue weighted by Gasteiger charge is 2.00. The molecule has 24 heavy (non-hydrogen) atoms. The number of aliphatic carboxylic acids is 1. The third-order valence-corrected chi connectivity index (χ3v) is 4.25. The molecule has 0 saturated heterocycles. The summed E-state index contributed by atoms with van der Waals surface area (Å²) in [6.45, 7) is 2.58. The second-order valence-electron chi connectivity index (χ2n) is 6.71. The monoisotopic (exact) mass is 342 g/mol. The van der Waals surface area contributed by atoms with Crippen LogP contribution in [0.5, 0.6) is 0 Å². The minimum Gasteiger partial charge on any atom is -0.481 e. The zero-order valence-electron chi connectivity index (χ0n) is 15.7. The topological polar surface area (TPSA) is 63.6 Å². The Labute approximate surface area is 148 Å². The molecule has 142 valence electrons. The van der Waals surface area contributed by atoms with E-state index in [0.717, 1.165) is 32.1 Å². The van der Waals surface area contributed by atoms with E-state index >= 15 is 0 Å². The molecule has 0 atom stereocenters. The maximum Gasteiger partial charge on any atom is 0.305 e. The van der Waals surface area contributed by atoms with E-state index in [1.54, 1.807) is 0 Å². The maximum atomic E-state index is 11.2. The molecule has 0 amide bonds. The summed E-state index contributed by atoms with van der Waals surface area (Å²) in [7, 11) is 0. The molecule has 4 heteroatoms. The molecular formula is C20H38O4. The summed E-state index contributed by atoms with van der Waals surface area (Å²) in [6, 6.07) is 0. The molecule has 0 fully saturated rings. The average Bonchev–Trinajstić information content (AvgIpc) is 2.54. The van der Waals surface area contributed by atoms with Crippen molar-refractivity contribution in [2.45, 2.75) is 110 Å². The van der Waals surface area contributed by atoms with Crippen LogP contribution in [0.1, 0.15) is 110 Å². The van der Waals surface area contributed by atoms with Crippen molar-refractivity contribution in [3.05, 3.63) is 0 Å². The molecule has 0 unspecified atom stereocenters. The number of hydrogen-bond acceptors (Lipinski definition) is 3. The Bertz CT molecular complexity index is 302. The number of carboxylic acids is 1. The van der Waals surface area contributed by atoms with Crippen LogP contribution in [0.2, 0.25) is 0 Å². The van der Waals surface area contributed by atoms with Gasteiger partial charge in [-0.15, -0.1) is 0 Å². The van der Waals surface area contributed by atoms with Gasteiger partial charge in [-0.25, -0.2) is 0 Å². The van der Waals surface area contributed by atoms with E-state index in [1.165, 1.54) is 57.8 Å². The lowest BCUT2D eigenvalue weighted by Crippen LogP contribution is -2.04. The first-order valence-corrected chi connectivity index (χ1v) is 10.0. The third kappa shape index (κ3) is 19.0. The average molecular weight is 343 g/mol. The SMILES string of the molecule is CCCC(=O)OCCCCCCCCCCCCCCCC(=O)O. The molecule has 0 heterocycles. The molecule has 0 spiro atoms. The largest absolute Gasteiger partial charge is 0.481 e. The molecule has 0 aliphatic rings. The van der Waals surface area contributed by atoms with E-state index in [-0.39, 0.29) is 5.97 Å². The van der Waals surface area contributed by atoms with Gasteiger partial charge in [0.05, 0.1) is 6.61 Å². The molecule has 0 aromatic carbocycles. The minimum atomic E-state index is -0.674. The smallest absolute Gasteiger partial charge is 0.305 e. The fourth-order valence-electron chi connectivity index (χ4n) is 2.79. The van der Waals surface area contributed by atoms with E-state index in [1.807, 2.05) is 6.92 Å². The number of carbonyl (C=O) groups is 2. The Balaban J connectivity index is 3.05. The Morgan fingerprint density at radius 3 is 1.50 bits per heavy atom. The van der Waals surface area contributed by atoms with Crippen LogP contribution in [0.3, 0.4) is 0 Å². The summed E-state index contributed by atoms with van der Waals surface area (Å²) in [5.74, 6) is -0.730. The van der Waals surface area contributed by atoms with Gasteiger partial charge in [0.25, 0.3) is 0 Å². The number of hydrogen-bond donors (Lipinski definition) is 1. The van der Waals surface area contributed by atoms with E-state index in [9.17, 15) is 9.59 Å². The molecule has 0 aromatic rings. The number of carbonyl (C=O) groups excluding carboxylic acids is 1. The lowest BCUT2D eigenvalue weighted by atomic mass is 10.0. The Morgan fingerprint density at radius 2 is 1.08 bits per heavy atom. The lowest BCUT2D eigenvalue weighted by Gasteiger charge is -2.04. The second kappa shape index (κ2) is 18.3. The molecule has 0 aliphatic carbocycles. The van der Waals surface area contributed by atoms with Gasteiger partial charge in [-0.1, -0.05) is 77.6 Å². The number of ether oxygens (including phenoxy) is 1. The van der Waals surface area contributed by atoms with Crippen molar-refractivity contribution >= 4 is 11.9 Å². The molecular weight excluding hydrogens is 304 g/mol. The van der Waals surface area contributed by atoms with Crippen LogP contribution < -0.4 is 0 Å². The highest BCUT2D eigenvalue weighted by Crippen LogP contribution is 2.13. The lowest BCUT2D eigenvalue weighted by molar-refractivity contribution is -0.143. The summed E-state index contributed by atoms with van der Waals surface area (Å²) >= 11 is 0. The molecule has 0 aromatic heterocycles. The maximum absolute atomic E-state index is 11.2. The van der Waals surface area contributed by atoms with Crippen molar-refractivity contribution in [1.29, 1.82) is 0 Å². The quantitative estimate of drug-likeness (QED) is 0.250. The minimum absolute atomic E-state index is 0.0561. The van der Waals surface area contributed by atoms with E-state index in [2.05, 4.69) is 0 Å². The molecule has 1 N–H and O–H groups in total. The van der Waals surface area contributed by atoms with Crippen LogP contribution in [0.4, 0.5) is 0 Å². The van der Waals surface area contributed by atoms with Gasteiger partial charge < -0.3 is 9.84 Å². The van der Waals surface area contributed by atoms with E-state index in [4.69, 9.17) is 9.84 Å². The number of rotatable bonds is 18. The Hall–Kier alpha value is -1.06. The number of unbranched alkanes of at least 4 members (excludes halogenated alkanes) is 12. The summed E-state index contributed by atoms with van der Waals surface area (Å²) in [5, 5.41) is 8.54. The third-order valence-electron chi connectivity index (χ3n) is 4.25. The van der Waals surface area contributed by atoms with Gasteiger partial charge in [-0.3, -0.25) is 9.59 Å². The van der Waals surface area contributed by atoms with Crippen molar-refractivity contribution < 1.29 is 19.4 Å². The Kier molecular flexibility index (Phi) is 17.5. The van der Waals surface area contributed by atoms with Crippen LogP contribution in [0, 0.1) is 0 Å². The predicted molar refractivity (Wildman–Crippen MR) is 98.1 cm³/mol. The molecule has 0 aliphatic heterocycles. The zero-order valence-corrected chi connectivity index (χ0v) is 15.7. The van der Waals surface area contributed by atoms with Gasteiger partial charge in [0.2, 0.25) is 0 Å². The molecule has 0 bridgehead atoms. The molecule has 0 rings (SSSR count). The van der Waals surface area contributed by atoms with Gasteiger partial charge in [0.1, 0.15) is 0 Å². The Morgan fingerprint density at radius 1 is 0.667 bits per heavy atom. The molecule has 4 nitrogen and oxygen atoms in total. The van der Waals surface area contributed by atoms with Gasteiger partial charge in [0, 0.05) is 12.8 Å². The van der Waals surface area contributed by atoms with Crippen molar-refractivity contribution in [2.75, 3.05) is 6.61 Å². The van der Waals surface area contributed by atoms with Crippen LogP contribution >= 0.6 is 0 Å². The van der Waals surface area contributed by atoms with Crippen LogP contribution in [-0.4, -0.2) is 23.7 Å². The normalized spacial score (nSPS) is 10.7. The van der Waals surface area contributed by atoms with Crippen LogP contribution in [0.15, 0.2) is 0 Å². The second-order valence-corrected chi connectivity index (χ2v) is 6.71. The summed E-state index contributed by atoms with van der Waals surface area (Å²) in [4.78, 5) is 21.5. The first kappa shape index (κ1) is 22.9. The van der Waals surface area contributed by atoms with Crippen molar-refractivity contribution in [1.82, 2.24) is 0 Å². The standard InChI is InChI=1S/C20H38O4/c1-2-16-20(23)24-18-15-13-11-9-7-5-3-4-6-8-10-12-14-17-19(21)22/h2-18H2,1H3,(H,21,22). The predicted octanol–water partition coefficient (Wildman–Crippen LogP) is 5.88.